The lowest BCUT2D eigenvalue weighted by molar-refractivity contribution is -0.137. The minimum absolute atomic E-state index is 0.134. The molecule has 7 nitrogen and oxygen atoms in total. The van der Waals surface area contributed by atoms with Gasteiger partial charge in [-0.25, -0.2) is 9.97 Å². The van der Waals surface area contributed by atoms with Crippen LogP contribution in [-0.4, -0.2) is 52.1 Å². The lowest BCUT2D eigenvalue weighted by Crippen LogP contribution is -2.35. The number of hydrogen-bond donors (Lipinski definition) is 2. The van der Waals surface area contributed by atoms with E-state index in [4.69, 9.17) is 4.74 Å². The van der Waals surface area contributed by atoms with Crippen LogP contribution in [0.1, 0.15) is 50.1 Å². The normalized spacial score (nSPS) is 23.5. The third kappa shape index (κ3) is 4.75. The fraction of sp³-hybridized carbons (Fsp3) is 0.650. The summed E-state index contributed by atoms with van der Waals surface area (Å²) in [6.45, 7) is 1.73. The van der Waals surface area contributed by atoms with Gasteiger partial charge in [0.1, 0.15) is 5.56 Å². The third-order valence-electron chi connectivity index (χ3n) is 5.99. The summed E-state index contributed by atoms with van der Waals surface area (Å²) in [4.78, 5) is 8.19. The zero-order valence-corrected chi connectivity index (χ0v) is 17.0. The predicted octanol–water partition coefficient (Wildman–Crippen LogP) is 3.65. The number of halogens is 3. The second kappa shape index (κ2) is 8.89. The summed E-state index contributed by atoms with van der Waals surface area (Å²) in [7, 11) is 1.71. The molecule has 1 saturated heterocycles. The quantitative estimate of drug-likeness (QED) is 0.763. The van der Waals surface area contributed by atoms with Crippen molar-refractivity contribution in [3.8, 4) is 11.3 Å². The maximum absolute atomic E-state index is 13.6. The van der Waals surface area contributed by atoms with Crippen LogP contribution in [0.5, 0.6) is 0 Å². The molecular formula is C20H27F3N6O. The molecule has 0 unspecified atom stereocenters. The summed E-state index contributed by atoms with van der Waals surface area (Å²) >= 11 is 0. The van der Waals surface area contributed by atoms with Crippen molar-refractivity contribution in [2.75, 3.05) is 25.5 Å². The molecular weight excluding hydrogens is 397 g/mol. The maximum atomic E-state index is 13.6. The van der Waals surface area contributed by atoms with Crippen LogP contribution in [0.4, 0.5) is 19.1 Å². The molecule has 1 aliphatic heterocycles. The van der Waals surface area contributed by atoms with Gasteiger partial charge >= 0.3 is 6.18 Å². The number of piperidine rings is 1. The van der Waals surface area contributed by atoms with Crippen molar-refractivity contribution in [3.05, 3.63) is 24.2 Å². The van der Waals surface area contributed by atoms with Gasteiger partial charge in [0, 0.05) is 31.1 Å². The lowest BCUT2D eigenvalue weighted by atomic mass is 9.93. The number of hydrogen-bond acceptors (Lipinski definition) is 6. The van der Waals surface area contributed by atoms with E-state index in [9.17, 15) is 13.2 Å². The smallest absolute Gasteiger partial charge is 0.381 e. The van der Waals surface area contributed by atoms with Gasteiger partial charge in [0.2, 0.25) is 5.95 Å². The first kappa shape index (κ1) is 21.0. The summed E-state index contributed by atoms with van der Waals surface area (Å²) in [6.07, 6.45) is 5.08. The van der Waals surface area contributed by atoms with Crippen molar-refractivity contribution >= 4 is 5.95 Å². The summed E-state index contributed by atoms with van der Waals surface area (Å²) < 4.78 is 48.0. The van der Waals surface area contributed by atoms with Crippen LogP contribution in [0.2, 0.25) is 0 Å². The number of aromatic nitrogens is 4. The van der Waals surface area contributed by atoms with Gasteiger partial charge in [-0.3, -0.25) is 4.68 Å². The number of rotatable bonds is 5. The Hall–Kier alpha value is -2.20. The Morgan fingerprint density at radius 2 is 1.83 bits per heavy atom. The molecule has 3 heterocycles. The van der Waals surface area contributed by atoms with Gasteiger partial charge in [0.25, 0.3) is 0 Å². The molecule has 4 rings (SSSR count). The van der Waals surface area contributed by atoms with Crippen molar-refractivity contribution in [1.29, 1.82) is 0 Å². The Kier molecular flexibility index (Phi) is 6.24. The fourth-order valence-corrected chi connectivity index (χ4v) is 4.23. The van der Waals surface area contributed by atoms with Gasteiger partial charge in [0.15, 0.2) is 0 Å². The molecule has 1 saturated carbocycles. The minimum Gasteiger partial charge on any atom is -0.381 e. The topological polar surface area (TPSA) is 76.9 Å². The van der Waals surface area contributed by atoms with Gasteiger partial charge in [-0.2, -0.15) is 18.3 Å². The summed E-state index contributed by atoms with van der Waals surface area (Å²) in [5, 5.41) is 10.8. The molecule has 30 heavy (non-hydrogen) atoms. The highest BCUT2D eigenvalue weighted by Gasteiger charge is 2.36. The Balaban J connectivity index is 1.58. The van der Waals surface area contributed by atoms with Gasteiger partial charge in [-0.05, 0) is 51.6 Å². The molecule has 0 atom stereocenters. The van der Waals surface area contributed by atoms with E-state index in [2.05, 4.69) is 25.7 Å². The van der Waals surface area contributed by atoms with Crippen molar-refractivity contribution in [3.63, 3.8) is 0 Å². The molecule has 2 aliphatic rings. The Bertz CT molecular complexity index is 841. The van der Waals surface area contributed by atoms with Crippen LogP contribution in [0, 0.1) is 0 Å². The summed E-state index contributed by atoms with van der Waals surface area (Å²) in [6, 6.07) is 0.309. The molecule has 2 N–H and O–H groups in total. The number of ether oxygens (including phenoxy) is 1. The van der Waals surface area contributed by atoms with Crippen LogP contribution in [0.15, 0.2) is 18.6 Å². The molecule has 0 amide bonds. The molecule has 2 aromatic rings. The number of anilines is 1. The van der Waals surface area contributed by atoms with E-state index in [-0.39, 0.29) is 29.8 Å². The largest absolute Gasteiger partial charge is 0.419 e. The molecule has 10 heteroatoms. The van der Waals surface area contributed by atoms with E-state index < -0.39 is 11.7 Å². The van der Waals surface area contributed by atoms with Crippen LogP contribution >= 0.6 is 0 Å². The average molecular weight is 424 g/mol. The monoisotopic (exact) mass is 424 g/mol. The van der Waals surface area contributed by atoms with E-state index in [1.54, 1.807) is 18.0 Å². The lowest BCUT2D eigenvalue weighted by Gasteiger charge is -2.27. The zero-order chi connectivity index (χ0) is 21.1. The number of nitrogens with zero attached hydrogens (tertiary/aromatic N) is 4. The molecule has 0 radical (unpaired) electrons. The molecule has 0 aromatic carbocycles. The summed E-state index contributed by atoms with van der Waals surface area (Å²) in [5.41, 5.74) is -0.626. The third-order valence-corrected chi connectivity index (χ3v) is 5.99. The van der Waals surface area contributed by atoms with E-state index >= 15 is 0 Å². The van der Waals surface area contributed by atoms with E-state index in [0.29, 0.717) is 5.56 Å². The van der Waals surface area contributed by atoms with Gasteiger partial charge in [-0.15, -0.1) is 0 Å². The van der Waals surface area contributed by atoms with E-state index in [0.717, 1.165) is 57.8 Å². The highest BCUT2D eigenvalue weighted by atomic mass is 19.4. The zero-order valence-electron chi connectivity index (χ0n) is 17.0. The Morgan fingerprint density at radius 3 is 2.50 bits per heavy atom. The molecule has 0 bridgehead atoms. The van der Waals surface area contributed by atoms with E-state index in [1.807, 2.05) is 0 Å². The summed E-state index contributed by atoms with van der Waals surface area (Å²) in [5.74, 6) is 0.221. The second-order valence-corrected chi connectivity index (χ2v) is 8.00. The van der Waals surface area contributed by atoms with Crippen LogP contribution < -0.4 is 10.6 Å². The molecule has 2 aromatic heterocycles. The van der Waals surface area contributed by atoms with Crippen molar-refractivity contribution in [2.45, 2.75) is 62.9 Å². The van der Waals surface area contributed by atoms with Crippen molar-refractivity contribution in [2.24, 2.45) is 0 Å². The SMILES string of the molecule is COC1CCC(n2cc(-c3nc(NC4CCNCC4)ncc3C(F)(F)F)cn2)CC1. The molecule has 164 valence electrons. The molecule has 1 aliphatic carbocycles. The van der Waals surface area contributed by atoms with Crippen LogP contribution in [-0.2, 0) is 10.9 Å². The fourth-order valence-electron chi connectivity index (χ4n) is 4.23. The van der Waals surface area contributed by atoms with Gasteiger partial charge in [-0.1, -0.05) is 0 Å². The van der Waals surface area contributed by atoms with Crippen molar-refractivity contribution in [1.82, 2.24) is 25.1 Å². The first-order valence-electron chi connectivity index (χ1n) is 10.4. The van der Waals surface area contributed by atoms with E-state index in [1.165, 1.54) is 6.20 Å². The molecule has 0 spiro atoms. The Morgan fingerprint density at radius 1 is 1.10 bits per heavy atom. The standard InChI is InChI=1S/C20H27F3N6O/c1-30-16-4-2-15(3-5-16)29-12-13(10-26-29)18-17(20(21,22)23)11-25-19(28-18)27-14-6-8-24-9-7-14/h10-12,14-16,24H,2-9H2,1H3,(H,25,27,28). The number of alkyl halides is 3. The highest BCUT2D eigenvalue weighted by molar-refractivity contribution is 5.63. The highest BCUT2D eigenvalue weighted by Crippen LogP contribution is 2.37. The van der Waals surface area contributed by atoms with Crippen molar-refractivity contribution < 1.29 is 17.9 Å². The van der Waals surface area contributed by atoms with Crippen LogP contribution in [0.3, 0.4) is 0 Å². The number of nitrogens with one attached hydrogen (secondary N) is 2. The maximum Gasteiger partial charge on any atom is 0.419 e. The second-order valence-electron chi connectivity index (χ2n) is 8.00. The van der Waals surface area contributed by atoms with Crippen LogP contribution in [0.25, 0.3) is 11.3 Å². The average Bonchev–Trinajstić information content (AvgIpc) is 3.24. The Labute approximate surface area is 173 Å². The predicted molar refractivity (Wildman–Crippen MR) is 106 cm³/mol. The molecule has 2 fully saturated rings. The number of methoxy groups -OCH3 is 1. The van der Waals surface area contributed by atoms with Gasteiger partial charge in [0.05, 0.1) is 24.0 Å². The first-order chi connectivity index (χ1) is 14.4. The van der Waals surface area contributed by atoms with Gasteiger partial charge < -0.3 is 15.4 Å². The first-order valence-corrected chi connectivity index (χ1v) is 10.4. The minimum atomic E-state index is -4.54.